The Morgan fingerprint density at radius 3 is 1.65 bits per heavy atom. The van der Waals surface area contributed by atoms with Gasteiger partial charge in [0.05, 0.1) is 0 Å². The Morgan fingerprint density at radius 2 is 1.43 bits per heavy atom. The number of hydrogen-bond acceptors (Lipinski definition) is 1. The average molecular weight is 566 g/mol. The van der Waals surface area contributed by atoms with Gasteiger partial charge in [-0.2, -0.15) is 0 Å². The molecule has 0 bridgehead atoms. The molecule has 0 aromatic carbocycles. The molecule has 1 rings (SSSR count). The second-order valence-electron chi connectivity index (χ2n) is 9.48. The van der Waals surface area contributed by atoms with Gasteiger partial charge in [0.15, 0.2) is 0 Å². The first-order valence-corrected chi connectivity index (χ1v) is 28.8. The third-order valence-corrected chi connectivity index (χ3v) is 17.5. The van der Waals surface area contributed by atoms with E-state index in [9.17, 15) is 4.89 Å². The summed E-state index contributed by atoms with van der Waals surface area (Å²) >= 11 is 0. The SMILES string of the molecule is CCCCP(O)CCCC.[CH3][Ir]([CH3])([CH3])([CH3])([CH3])([Cl])([Cl])[C]1=CC=CC1. The second-order valence-corrected chi connectivity index (χ2v) is 79.0. The number of hydrogen-bond donors (Lipinski definition) is 1. The van der Waals surface area contributed by atoms with Gasteiger partial charge in [0.1, 0.15) is 0 Å². The fourth-order valence-corrected chi connectivity index (χ4v) is 10.7. The summed E-state index contributed by atoms with van der Waals surface area (Å²) in [5, 5.41) is 0. The molecule has 5 heteroatoms. The van der Waals surface area contributed by atoms with Crippen LogP contribution in [0.4, 0.5) is 0 Å². The Labute approximate surface area is 148 Å². The zero-order chi connectivity index (χ0) is 18.6. The quantitative estimate of drug-likeness (QED) is 0.306. The van der Waals surface area contributed by atoms with Crippen LogP contribution in [0, 0.1) is 0 Å². The van der Waals surface area contributed by atoms with Gasteiger partial charge in [0, 0.05) is 8.15 Å². The molecule has 0 radical (unpaired) electrons. The van der Waals surface area contributed by atoms with Crippen molar-refractivity contribution in [1.82, 2.24) is 0 Å². The topological polar surface area (TPSA) is 20.2 Å². The van der Waals surface area contributed by atoms with Gasteiger partial charge in [0.25, 0.3) is 0 Å². The Bertz CT molecular complexity index is 476. The minimum atomic E-state index is -4.77. The van der Waals surface area contributed by atoms with E-state index in [1.807, 2.05) is 33.3 Å². The number of allylic oxidation sites excluding steroid dienone is 4. The normalized spacial score (nSPS) is 21.4. The van der Waals surface area contributed by atoms with E-state index in [2.05, 4.69) is 26.0 Å². The van der Waals surface area contributed by atoms with Crippen LogP contribution >= 0.6 is 27.3 Å². The van der Waals surface area contributed by atoms with Crippen molar-refractivity contribution in [3.8, 4) is 0 Å². The number of unbranched alkanes of at least 4 members (excludes halogenated alkanes) is 2. The summed E-state index contributed by atoms with van der Waals surface area (Å²) in [6.07, 6.45) is 14.0. The van der Waals surface area contributed by atoms with Crippen molar-refractivity contribution in [2.75, 3.05) is 12.3 Å². The molecule has 0 saturated heterocycles. The molecule has 0 atom stereocenters. The van der Waals surface area contributed by atoms with E-state index in [0.29, 0.717) is 0 Å². The van der Waals surface area contributed by atoms with Gasteiger partial charge >= 0.3 is 83.5 Å². The average Bonchev–Trinajstić information content (AvgIpc) is 2.86. The van der Waals surface area contributed by atoms with Crippen LogP contribution in [-0.4, -0.2) is 17.2 Å². The molecule has 0 aliphatic heterocycles. The number of halogens is 2. The van der Waals surface area contributed by atoms with Crippen LogP contribution in [0.3, 0.4) is 0 Å². The number of rotatable bonds is 7. The standard InChI is InChI=1S/C8H19OP.C5H5.5CH3.2ClH.Ir/c1-3-5-7-10(9)8-6-4-2;1-2-4-5-3-1;;;;;;;;/h9H,3-8H2,1-2H3;1-3H,4H2;5*1H3;2*1H;/q;;;;;;;;;+2/p-2. The molecule has 1 aliphatic carbocycles. The van der Waals surface area contributed by atoms with E-state index in [0.717, 1.165) is 18.7 Å². The summed E-state index contributed by atoms with van der Waals surface area (Å²) in [5.74, 6) is 0. The van der Waals surface area contributed by atoms with Crippen LogP contribution in [0.5, 0.6) is 0 Å². The van der Waals surface area contributed by atoms with Gasteiger partial charge in [0.2, 0.25) is 0 Å². The van der Waals surface area contributed by atoms with E-state index in [1.54, 1.807) is 0 Å². The van der Waals surface area contributed by atoms with Crippen molar-refractivity contribution in [1.29, 1.82) is 0 Å². The summed E-state index contributed by atoms with van der Waals surface area (Å²) in [4.78, 5) is 9.38. The predicted molar refractivity (Wildman–Crippen MR) is 112 cm³/mol. The maximum atomic E-state index is 9.38. The summed E-state index contributed by atoms with van der Waals surface area (Å²) in [6, 6.07) is 0. The van der Waals surface area contributed by atoms with Gasteiger partial charge in [-0.1, -0.05) is 26.7 Å². The van der Waals surface area contributed by atoms with Gasteiger partial charge < -0.3 is 4.89 Å². The Kier molecular flexibility index (Phi) is 5.81. The summed E-state index contributed by atoms with van der Waals surface area (Å²) in [6.45, 7) is 4.34. The van der Waals surface area contributed by atoms with Crippen LogP contribution in [0.15, 0.2) is 22.3 Å². The van der Waals surface area contributed by atoms with E-state index in [-0.39, 0.29) is 0 Å². The molecule has 1 aliphatic rings. The van der Waals surface area contributed by atoms with Gasteiger partial charge in [-0.3, -0.25) is 0 Å². The summed E-state index contributed by atoms with van der Waals surface area (Å²) in [7, 11) is 8.60. The van der Waals surface area contributed by atoms with Crippen LogP contribution in [0.25, 0.3) is 0 Å². The molecule has 0 unspecified atom stereocenters. The van der Waals surface area contributed by atoms with Crippen LogP contribution in [-0.2, 0) is 8.44 Å². The third-order valence-electron chi connectivity index (χ3n) is 3.48. The maximum absolute atomic E-state index is 9.38. The van der Waals surface area contributed by atoms with E-state index < -0.39 is 16.6 Å². The van der Waals surface area contributed by atoms with Gasteiger partial charge in [-0.15, -0.1) is 0 Å². The van der Waals surface area contributed by atoms with E-state index >= 15 is 0 Å². The van der Waals surface area contributed by atoms with Crippen LogP contribution in [0.1, 0.15) is 46.0 Å². The molecule has 23 heavy (non-hydrogen) atoms. The monoisotopic (exact) mass is 565 g/mol. The molecule has 0 heterocycles. The van der Waals surface area contributed by atoms with Crippen molar-refractivity contribution < 1.29 is 13.3 Å². The molecule has 0 spiro atoms. The molecule has 0 aromatic rings. The van der Waals surface area contributed by atoms with Crippen molar-refractivity contribution >= 4 is 27.3 Å². The zero-order valence-corrected chi connectivity index (χ0v) is 21.0. The minimum absolute atomic E-state index is 0.592. The van der Waals surface area contributed by atoms with Crippen molar-refractivity contribution in [2.24, 2.45) is 0 Å². The second kappa shape index (κ2) is 5.55. The van der Waals surface area contributed by atoms with Crippen LogP contribution < -0.4 is 0 Å². The zero-order valence-electron chi connectivity index (χ0n) is 16.2. The first kappa shape index (κ1) is 24.1. The molecule has 0 fully saturated rings. The Balaban J connectivity index is 0.000000438. The summed E-state index contributed by atoms with van der Waals surface area (Å²) < 4.78 is 1.18. The Morgan fingerprint density at radius 1 is 1.00 bits per heavy atom. The molecule has 145 valence electrons. The van der Waals surface area contributed by atoms with Crippen molar-refractivity contribution in [2.45, 2.75) is 73.1 Å². The molecule has 1 N–H and O–H groups in total. The van der Waals surface area contributed by atoms with Gasteiger partial charge in [-0.25, -0.2) is 0 Å². The third kappa shape index (κ3) is 11.4. The summed E-state index contributed by atoms with van der Waals surface area (Å²) in [5.41, 5.74) is 10.2. The van der Waals surface area contributed by atoms with Crippen molar-refractivity contribution in [3.05, 3.63) is 22.3 Å². The molecular formula is C18H39Cl2IrOP. The molecule has 1 nitrogen and oxygen atoms in total. The first-order valence-electron chi connectivity index (χ1n) is 8.05. The molecule has 0 amide bonds. The predicted octanol–water partition coefficient (Wildman–Crippen LogP) is 8.65. The molecule has 0 saturated carbocycles. The van der Waals surface area contributed by atoms with Gasteiger partial charge in [-0.05, 0) is 25.2 Å². The molecule has 0 aromatic heterocycles. The Hall–Kier alpha value is 1.10. The first-order chi connectivity index (χ1) is 9.80. The molecular weight excluding hydrogens is 526 g/mol. The van der Waals surface area contributed by atoms with E-state index in [4.69, 9.17) is 19.2 Å². The van der Waals surface area contributed by atoms with Crippen LogP contribution in [0.2, 0.25) is 27.2 Å². The van der Waals surface area contributed by atoms with E-state index in [1.165, 1.54) is 29.8 Å². The van der Waals surface area contributed by atoms with Crippen molar-refractivity contribution in [3.63, 3.8) is 0 Å². The fourth-order valence-electron chi connectivity index (χ4n) is 1.92. The fraction of sp³-hybridized carbons (Fsp3) is 0.778.